The van der Waals surface area contributed by atoms with Gasteiger partial charge in [0.15, 0.2) is 5.03 Å². The molecule has 0 saturated carbocycles. The molecule has 0 amide bonds. The third kappa shape index (κ3) is 3.30. The molecule has 0 spiro atoms. The van der Waals surface area contributed by atoms with Gasteiger partial charge in [-0.1, -0.05) is 6.92 Å². The van der Waals surface area contributed by atoms with Crippen LogP contribution in [-0.2, 0) is 4.74 Å². The van der Waals surface area contributed by atoms with Crippen LogP contribution in [0.4, 0.5) is 0 Å². The average molecular weight is 257 g/mol. The molecular weight excluding hydrogens is 238 g/mol. The maximum absolute atomic E-state index is 10.5. The van der Waals surface area contributed by atoms with E-state index in [-0.39, 0.29) is 0 Å². The molecule has 2 aliphatic heterocycles. The van der Waals surface area contributed by atoms with Crippen molar-refractivity contribution in [2.24, 2.45) is 11.0 Å². The lowest BCUT2D eigenvalue weighted by Gasteiger charge is -2.37. The van der Waals surface area contributed by atoms with Crippen molar-refractivity contribution in [3.63, 3.8) is 0 Å². The zero-order chi connectivity index (χ0) is 13.0. The summed E-state index contributed by atoms with van der Waals surface area (Å²) >= 11 is 0. The summed E-state index contributed by atoms with van der Waals surface area (Å²) in [6.45, 7) is 6.49. The molecule has 8 nitrogen and oxygen atoms in total. The molecule has 0 aromatic rings. The zero-order valence-corrected chi connectivity index (χ0v) is 10.5. The monoisotopic (exact) mass is 257 g/mol. The highest BCUT2D eigenvalue weighted by Gasteiger charge is 2.27. The Morgan fingerprint density at radius 2 is 2.50 bits per heavy atom. The number of hydrogen-bond acceptors (Lipinski definition) is 4. The highest BCUT2D eigenvalue weighted by molar-refractivity contribution is 5.79. The second-order valence-electron chi connectivity index (χ2n) is 4.58. The molecule has 2 aliphatic rings. The van der Waals surface area contributed by atoms with Gasteiger partial charge in [0, 0.05) is 19.1 Å². The summed E-state index contributed by atoms with van der Waals surface area (Å²) in [6.07, 6.45) is 1.01. The van der Waals surface area contributed by atoms with E-state index in [1.54, 1.807) is 0 Å². The Morgan fingerprint density at radius 3 is 3.11 bits per heavy atom. The topological polar surface area (TPSA) is 83.2 Å². The molecule has 1 unspecified atom stereocenters. The molecule has 0 aliphatic carbocycles. The molecule has 102 valence electrons. The molecule has 1 N–H and O–H groups in total. The Kier molecular flexibility index (Phi) is 4.32. The smallest absolute Gasteiger partial charge is 0.273 e. The largest absolute Gasteiger partial charge is 0.381 e. The maximum Gasteiger partial charge on any atom is 0.273 e. The maximum atomic E-state index is 10.5. The van der Waals surface area contributed by atoms with Crippen LogP contribution in [-0.4, -0.2) is 60.4 Å². The lowest BCUT2D eigenvalue weighted by atomic mass is 10.1. The van der Waals surface area contributed by atoms with Crippen LogP contribution in [0.25, 0.3) is 0 Å². The van der Waals surface area contributed by atoms with Crippen molar-refractivity contribution >= 4 is 5.96 Å². The van der Waals surface area contributed by atoms with Crippen LogP contribution >= 0.6 is 0 Å². The Hall–Kier alpha value is -1.41. The molecule has 2 rings (SSSR count). The summed E-state index contributed by atoms with van der Waals surface area (Å²) < 4.78 is 5.33. The Bertz CT molecular complexity index is 329. The predicted octanol–water partition coefficient (Wildman–Crippen LogP) is -0.287. The van der Waals surface area contributed by atoms with Crippen LogP contribution in [0.3, 0.4) is 0 Å². The predicted molar refractivity (Wildman–Crippen MR) is 65.3 cm³/mol. The molecule has 8 heteroatoms. The molecule has 0 aromatic heterocycles. The molecule has 0 aromatic carbocycles. The van der Waals surface area contributed by atoms with E-state index in [0.29, 0.717) is 25.2 Å². The Morgan fingerprint density at radius 1 is 1.67 bits per heavy atom. The van der Waals surface area contributed by atoms with E-state index in [9.17, 15) is 10.1 Å². The second kappa shape index (κ2) is 5.96. The quantitative estimate of drug-likeness (QED) is 0.550. The van der Waals surface area contributed by atoms with Gasteiger partial charge in [0.25, 0.3) is 5.96 Å². The fourth-order valence-corrected chi connectivity index (χ4v) is 2.22. The summed E-state index contributed by atoms with van der Waals surface area (Å²) in [7, 11) is 0. The molecular formula is C10H19N5O3. The number of nitrogens with zero attached hydrogens (tertiary/aromatic N) is 4. The van der Waals surface area contributed by atoms with Gasteiger partial charge in [-0.25, -0.2) is 10.1 Å². The number of ether oxygens (including phenoxy) is 1. The van der Waals surface area contributed by atoms with Crippen molar-refractivity contribution in [2.75, 3.05) is 39.6 Å². The SMILES string of the molecule is CCN1CNC(=N[N+](=O)[O-])N(CC2CCOC2)C1. The van der Waals surface area contributed by atoms with Crippen LogP contribution in [0.15, 0.2) is 5.10 Å². The summed E-state index contributed by atoms with van der Waals surface area (Å²) in [4.78, 5) is 14.6. The highest BCUT2D eigenvalue weighted by atomic mass is 16.7. The number of hydrazone groups is 1. The van der Waals surface area contributed by atoms with E-state index in [4.69, 9.17) is 4.74 Å². The van der Waals surface area contributed by atoms with Crippen molar-refractivity contribution in [3.05, 3.63) is 10.1 Å². The Labute approximate surface area is 106 Å². The van der Waals surface area contributed by atoms with Gasteiger partial charge in [0.1, 0.15) is 5.10 Å². The van der Waals surface area contributed by atoms with Gasteiger partial charge in [-0.05, 0) is 13.0 Å². The summed E-state index contributed by atoms with van der Waals surface area (Å²) in [5.41, 5.74) is 0. The van der Waals surface area contributed by atoms with Gasteiger partial charge < -0.3 is 15.0 Å². The highest BCUT2D eigenvalue weighted by Crippen LogP contribution is 2.15. The van der Waals surface area contributed by atoms with Crippen LogP contribution < -0.4 is 5.32 Å². The van der Waals surface area contributed by atoms with Crippen molar-refractivity contribution in [3.8, 4) is 0 Å². The van der Waals surface area contributed by atoms with Crippen LogP contribution in [0.5, 0.6) is 0 Å². The number of rotatable bonds is 4. The molecule has 2 heterocycles. The van der Waals surface area contributed by atoms with E-state index in [1.165, 1.54) is 0 Å². The van der Waals surface area contributed by atoms with Crippen LogP contribution in [0.1, 0.15) is 13.3 Å². The number of guanidine groups is 1. The first-order chi connectivity index (χ1) is 8.69. The summed E-state index contributed by atoms with van der Waals surface area (Å²) in [5.74, 6) is 0.789. The molecule has 2 fully saturated rings. The number of nitrogens with one attached hydrogen (secondary N) is 1. The third-order valence-electron chi connectivity index (χ3n) is 3.26. The van der Waals surface area contributed by atoms with E-state index >= 15 is 0 Å². The first-order valence-corrected chi connectivity index (χ1v) is 6.21. The zero-order valence-electron chi connectivity index (χ0n) is 10.5. The number of nitro groups is 1. The van der Waals surface area contributed by atoms with E-state index < -0.39 is 5.03 Å². The van der Waals surface area contributed by atoms with Gasteiger partial charge >= 0.3 is 0 Å². The third-order valence-corrected chi connectivity index (χ3v) is 3.26. The first kappa shape index (κ1) is 13.0. The molecule has 1 atom stereocenters. The van der Waals surface area contributed by atoms with E-state index in [1.807, 2.05) is 4.90 Å². The first-order valence-electron chi connectivity index (χ1n) is 6.21. The lowest BCUT2D eigenvalue weighted by molar-refractivity contribution is -0.486. The average Bonchev–Trinajstić information content (AvgIpc) is 2.83. The number of hydrogen-bond donors (Lipinski definition) is 1. The minimum absolute atomic E-state index is 0.358. The Balaban J connectivity index is 2.01. The fraction of sp³-hybridized carbons (Fsp3) is 0.900. The molecule has 2 saturated heterocycles. The minimum Gasteiger partial charge on any atom is -0.381 e. The van der Waals surface area contributed by atoms with Gasteiger partial charge in [0.05, 0.1) is 19.9 Å². The standard InChI is InChI=1S/C10H19N5O3/c1-2-13-7-11-10(12-15(16)17)14(8-13)5-9-3-4-18-6-9/h9H,2-8H2,1H3,(H,11,12). The second-order valence-corrected chi connectivity index (χ2v) is 4.58. The molecule has 0 radical (unpaired) electrons. The van der Waals surface area contributed by atoms with Crippen LogP contribution in [0.2, 0.25) is 0 Å². The molecule has 0 bridgehead atoms. The van der Waals surface area contributed by atoms with Crippen molar-refractivity contribution in [2.45, 2.75) is 13.3 Å². The normalized spacial score (nSPS) is 27.5. The minimum atomic E-state index is -0.651. The fourth-order valence-electron chi connectivity index (χ4n) is 2.22. The summed E-state index contributed by atoms with van der Waals surface area (Å²) in [6, 6.07) is 0. The van der Waals surface area contributed by atoms with Gasteiger partial charge in [-0.3, -0.25) is 4.90 Å². The van der Waals surface area contributed by atoms with Gasteiger partial charge in [0.2, 0.25) is 0 Å². The van der Waals surface area contributed by atoms with Gasteiger partial charge in [-0.15, -0.1) is 0 Å². The van der Waals surface area contributed by atoms with E-state index in [2.05, 4.69) is 22.2 Å². The van der Waals surface area contributed by atoms with Crippen molar-refractivity contribution in [1.82, 2.24) is 15.1 Å². The van der Waals surface area contributed by atoms with E-state index in [0.717, 1.165) is 32.7 Å². The van der Waals surface area contributed by atoms with Crippen molar-refractivity contribution < 1.29 is 9.77 Å². The van der Waals surface area contributed by atoms with Crippen LogP contribution in [0, 0.1) is 16.0 Å². The van der Waals surface area contributed by atoms with Crippen molar-refractivity contribution in [1.29, 1.82) is 0 Å². The lowest BCUT2D eigenvalue weighted by Crippen LogP contribution is -2.58. The van der Waals surface area contributed by atoms with Gasteiger partial charge in [-0.2, -0.15) is 0 Å². The molecule has 18 heavy (non-hydrogen) atoms. The summed E-state index contributed by atoms with van der Waals surface area (Å²) in [5, 5.41) is 16.3.